The lowest BCUT2D eigenvalue weighted by Gasteiger charge is -2.20. The molecule has 0 aliphatic carbocycles. The minimum absolute atomic E-state index is 0.615. The van der Waals surface area contributed by atoms with Gasteiger partial charge in [-0.1, -0.05) is 79.4 Å². The summed E-state index contributed by atoms with van der Waals surface area (Å²) in [6.45, 7) is 7.04. The van der Waals surface area contributed by atoms with Crippen LogP contribution in [-0.4, -0.2) is 19.4 Å². The van der Waals surface area contributed by atoms with Gasteiger partial charge in [-0.15, -0.1) is 0 Å². The molecule has 0 aliphatic heterocycles. The zero-order chi connectivity index (χ0) is 20.8. The van der Waals surface area contributed by atoms with Gasteiger partial charge in [-0.2, -0.15) is 0 Å². The first kappa shape index (κ1) is 19.8. The quantitative estimate of drug-likeness (QED) is 0.463. The molecule has 148 valence electrons. The van der Waals surface area contributed by atoms with Crippen LogP contribution in [0.2, 0.25) is 19.6 Å². The fourth-order valence-corrected chi connectivity index (χ4v) is 5.67. The van der Waals surface area contributed by atoms with Crippen LogP contribution in [0.4, 0.5) is 0 Å². The Bertz CT molecular complexity index is 1260. The minimum Gasteiger partial charge on any atom is -0.496 e. The molecule has 4 rings (SSSR count). The second kappa shape index (κ2) is 7.41. The molecule has 1 atom stereocenters. The Morgan fingerprint density at radius 2 is 1.52 bits per heavy atom. The molecule has 0 heterocycles. The molecular formula is C24H25NO2SSi. The zero-order valence-electron chi connectivity index (χ0n) is 17.2. The van der Waals surface area contributed by atoms with Crippen LogP contribution in [0.5, 0.6) is 5.75 Å². The van der Waals surface area contributed by atoms with E-state index in [9.17, 15) is 4.21 Å². The molecule has 0 bridgehead atoms. The first-order valence-corrected chi connectivity index (χ1v) is 14.3. The maximum atomic E-state index is 12.5. The van der Waals surface area contributed by atoms with Crippen LogP contribution in [0, 0.1) is 0 Å². The van der Waals surface area contributed by atoms with Crippen molar-refractivity contribution in [2.45, 2.75) is 24.5 Å². The van der Waals surface area contributed by atoms with Crippen molar-refractivity contribution in [3.05, 3.63) is 66.7 Å². The highest BCUT2D eigenvalue weighted by Crippen LogP contribution is 2.43. The van der Waals surface area contributed by atoms with E-state index < -0.39 is 19.1 Å². The third-order valence-corrected chi connectivity index (χ3v) is 8.24. The summed E-state index contributed by atoms with van der Waals surface area (Å²) in [6, 6.07) is 22.7. The van der Waals surface area contributed by atoms with E-state index in [1.165, 1.54) is 5.19 Å². The Balaban J connectivity index is 2.16. The maximum Gasteiger partial charge on any atom is 0.127 e. The summed E-state index contributed by atoms with van der Waals surface area (Å²) < 4.78 is 18.2. The zero-order valence-corrected chi connectivity index (χ0v) is 19.0. The molecule has 0 fully saturated rings. The lowest BCUT2D eigenvalue weighted by molar-refractivity contribution is 0.417. The molecule has 29 heavy (non-hydrogen) atoms. The topological polar surface area (TPSA) is 52.3 Å². The largest absolute Gasteiger partial charge is 0.496 e. The number of rotatable bonds is 4. The Kier molecular flexibility index (Phi) is 5.07. The molecule has 1 unspecified atom stereocenters. The lowest BCUT2D eigenvalue weighted by atomic mass is 9.93. The SMILES string of the molecule is COc1ccc2cc([Si](C)(C)C)ccc2c1-c1c(S(N)=O)ccc2ccccc12. The molecule has 2 N–H and O–H groups in total. The standard InChI is InChI=1S/C24H25NO2SSi/c1-27-21-13-9-17-15-18(29(2,3)4)11-12-20(17)23(21)24-19-8-6-5-7-16(19)10-14-22(24)28(25)26/h5-15H,25H2,1-4H3. The van der Waals surface area contributed by atoms with Gasteiger partial charge in [0.05, 0.1) is 20.1 Å². The highest BCUT2D eigenvalue weighted by Gasteiger charge is 2.21. The molecule has 0 aliphatic rings. The van der Waals surface area contributed by atoms with Gasteiger partial charge in [-0.25, -0.2) is 9.35 Å². The van der Waals surface area contributed by atoms with E-state index in [2.05, 4.69) is 56.0 Å². The predicted octanol–water partition coefficient (Wildman–Crippen LogP) is 5.20. The molecular weight excluding hydrogens is 394 g/mol. The first-order valence-electron chi connectivity index (χ1n) is 9.61. The number of nitrogens with two attached hydrogens (primary N) is 1. The number of ether oxygens (including phenoxy) is 1. The fraction of sp³-hybridized carbons (Fsp3) is 0.167. The average Bonchev–Trinajstić information content (AvgIpc) is 2.70. The van der Waals surface area contributed by atoms with Crippen LogP contribution in [0.15, 0.2) is 71.6 Å². The summed E-state index contributed by atoms with van der Waals surface area (Å²) in [5, 5.41) is 11.6. The predicted molar refractivity (Wildman–Crippen MR) is 127 cm³/mol. The van der Waals surface area contributed by atoms with Gasteiger partial charge in [0.15, 0.2) is 0 Å². The number of methoxy groups -OCH3 is 1. The molecule has 0 aromatic heterocycles. The molecule has 0 spiro atoms. The summed E-state index contributed by atoms with van der Waals surface area (Å²) in [5.74, 6) is 0.751. The van der Waals surface area contributed by atoms with Gasteiger partial charge in [0, 0.05) is 11.1 Å². The smallest absolute Gasteiger partial charge is 0.127 e. The third-order valence-electron chi connectivity index (χ3n) is 5.43. The van der Waals surface area contributed by atoms with Gasteiger partial charge in [-0.05, 0) is 33.7 Å². The molecule has 0 saturated carbocycles. The van der Waals surface area contributed by atoms with E-state index in [0.717, 1.165) is 38.4 Å². The summed E-state index contributed by atoms with van der Waals surface area (Å²) >= 11 is 0. The van der Waals surface area contributed by atoms with E-state index >= 15 is 0 Å². The molecule has 0 amide bonds. The van der Waals surface area contributed by atoms with E-state index in [4.69, 9.17) is 9.88 Å². The summed E-state index contributed by atoms with van der Waals surface area (Å²) in [4.78, 5) is 0.615. The van der Waals surface area contributed by atoms with Gasteiger partial charge in [0.2, 0.25) is 0 Å². The van der Waals surface area contributed by atoms with Crippen molar-refractivity contribution >= 4 is 45.8 Å². The number of hydrogen-bond acceptors (Lipinski definition) is 2. The Hall–Kier alpha value is -2.47. The average molecular weight is 420 g/mol. The highest BCUT2D eigenvalue weighted by molar-refractivity contribution is 7.82. The van der Waals surface area contributed by atoms with Crippen LogP contribution in [-0.2, 0) is 11.0 Å². The van der Waals surface area contributed by atoms with Crippen molar-refractivity contribution in [1.82, 2.24) is 0 Å². The molecule has 4 aromatic carbocycles. The van der Waals surface area contributed by atoms with Gasteiger partial charge >= 0.3 is 0 Å². The third kappa shape index (κ3) is 3.50. The number of benzene rings is 4. The lowest BCUT2D eigenvalue weighted by Crippen LogP contribution is -2.37. The second-order valence-corrected chi connectivity index (χ2v) is 14.4. The van der Waals surface area contributed by atoms with Crippen molar-refractivity contribution in [3.63, 3.8) is 0 Å². The van der Waals surface area contributed by atoms with Crippen molar-refractivity contribution in [2.24, 2.45) is 5.14 Å². The summed E-state index contributed by atoms with van der Waals surface area (Å²) in [6.07, 6.45) is 0. The van der Waals surface area contributed by atoms with Gasteiger partial charge in [0.25, 0.3) is 0 Å². The van der Waals surface area contributed by atoms with Crippen LogP contribution in [0.1, 0.15) is 0 Å². The van der Waals surface area contributed by atoms with Crippen LogP contribution >= 0.6 is 0 Å². The molecule has 0 saturated heterocycles. The monoisotopic (exact) mass is 419 g/mol. The van der Waals surface area contributed by atoms with Crippen LogP contribution in [0.25, 0.3) is 32.7 Å². The minimum atomic E-state index is -1.62. The van der Waals surface area contributed by atoms with Gasteiger partial charge in [0.1, 0.15) is 16.7 Å². The first-order chi connectivity index (χ1) is 13.8. The molecule has 5 heteroatoms. The second-order valence-electron chi connectivity index (χ2n) is 8.29. The normalized spacial score (nSPS) is 13.0. The molecule has 4 aromatic rings. The highest BCUT2D eigenvalue weighted by atomic mass is 32.2. The number of fused-ring (bicyclic) bond motifs is 2. The Morgan fingerprint density at radius 1 is 0.828 bits per heavy atom. The number of hydrogen-bond donors (Lipinski definition) is 1. The van der Waals surface area contributed by atoms with Crippen molar-refractivity contribution in [3.8, 4) is 16.9 Å². The Labute approximate surface area is 175 Å². The summed E-state index contributed by atoms with van der Waals surface area (Å²) in [7, 11) is -1.39. The fourth-order valence-electron chi connectivity index (χ4n) is 3.88. The van der Waals surface area contributed by atoms with E-state index in [1.807, 2.05) is 30.3 Å². The van der Waals surface area contributed by atoms with Gasteiger partial charge < -0.3 is 4.74 Å². The molecule has 0 radical (unpaired) electrons. The van der Waals surface area contributed by atoms with Crippen molar-refractivity contribution in [1.29, 1.82) is 0 Å². The van der Waals surface area contributed by atoms with Crippen LogP contribution in [0.3, 0.4) is 0 Å². The Morgan fingerprint density at radius 3 is 2.21 bits per heavy atom. The maximum absolute atomic E-state index is 12.5. The van der Waals surface area contributed by atoms with E-state index in [0.29, 0.717) is 4.90 Å². The van der Waals surface area contributed by atoms with Crippen LogP contribution < -0.4 is 15.1 Å². The van der Waals surface area contributed by atoms with Gasteiger partial charge in [-0.3, -0.25) is 0 Å². The van der Waals surface area contributed by atoms with E-state index in [-0.39, 0.29) is 0 Å². The van der Waals surface area contributed by atoms with E-state index in [1.54, 1.807) is 7.11 Å². The summed E-state index contributed by atoms with van der Waals surface area (Å²) in [5.41, 5.74) is 1.82. The van der Waals surface area contributed by atoms with Crippen molar-refractivity contribution < 1.29 is 8.95 Å². The van der Waals surface area contributed by atoms with Crippen molar-refractivity contribution in [2.75, 3.05) is 7.11 Å². The molecule has 3 nitrogen and oxygen atoms in total.